The van der Waals surface area contributed by atoms with E-state index in [1.165, 1.54) is 31.0 Å². The first-order chi connectivity index (χ1) is 13.2. The minimum atomic E-state index is -0.668. The number of piperidine rings is 1. The molecule has 146 valence electrons. The summed E-state index contributed by atoms with van der Waals surface area (Å²) in [6.45, 7) is 2.08. The van der Waals surface area contributed by atoms with Gasteiger partial charge in [-0.05, 0) is 44.9 Å². The van der Waals surface area contributed by atoms with Gasteiger partial charge in [-0.1, -0.05) is 31.0 Å². The van der Waals surface area contributed by atoms with Gasteiger partial charge in [0.2, 0.25) is 11.9 Å². The number of nitriles is 1. The van der Waals surface area contributed by atoms with Crippen molar-refractivity contribution in [1.82, 2.24) is 20.1 Å². The van der Waals surface area contributed by atoms with E-state index in [-0.39, 0.29) is 11.7 Å². The summed E-state index contributed by atoms with van der Waals surface area (Å²) in [5.74, 6) is 1.18. The number of hydrogen-bond acceptors (Lipinski definition) is 6. The molecule has 0 aromatic carbocycles. The fraction of sp³-hybridized carbons (Fsp3) is 0.789. The Labute approximate surface area is 164 Å². The molecule has 0 unspecified atom stereocenters. The van der Waals surface area contributed by atoms with E-state index >= 15 is 0 Å². The van der Waals surface area contributed by atoms with E-state index in [1.807, 2.05) is 0 Å². The minimum Gasteiger partial charge on any atom is -0.341 e. The number of anilines is 1. The van der Waals surface area contributed by atoms with Gasteiger partial charge >= 0.3 is 0 Å². The van der Waals surface area contributed by atoms with Crippen LogP contribution in [0, 0.1) is 11.3 Å². The molecule has 0 bridgehead atoms. The van der Waals surface area contributed by atoms with Crippen LogP contribution in [0.4, 0.5) is 5.95 Å². The maximum absolute atomic E-state index is 12.5. The van der Waals surface area contributed by atoms with Crippen molar-refractivity contribution in [3.63, 3.8) is 0 Å². The van der Waals surface area contributed by atoms with Crippen molar-refractivity contribution in [2.75, 3.05) is 23.7 Å². The van der Waals surface area contributed by atoms with Crippen molar-refractivity contribution < 1.29 is 4.79 Å². The topological polar surface area (TPSA) is 86.8 Å². The van der Waals surface area contributed by atoms with Gasteiger partial charge in [0, 0.05) is 19.1 Å². The van der Waals surface area contributed by atoms with E-state index in [9.17, 15) is 10.1 Å². The molecule has 2 saturated carbocycles. The largest absolute Gasteiger partial charge is 0.341 e. The fourth-order valence-corrected chi connectivity index (χ4v) is 4.98. The molecule has 2 heterocycles. The van der Waals surface area contributed by atoms with Crippen LogP contribution >= 0.6 is 11.8 Å². The van der Waals surface area contributed by atoms with Crippen LogP contribution in [0.15, 0.2) is 5.16 Å². The maximum atomic E-state index is 12.5. The summed E-state index contributed by atoms with van der Waals surface area (Å²) >= 11 is 1.45. The Balaban J connectivity index is 1.40. The number of rotatable bonds is 6. The van der Waals surface area contributed by atoms with Crippen LogP contribution in [-0.4, -0.2) is 45.1 Å². The van der Waals surface area contributed by atoms with Crippen LogP contribution in [0.1, 0.15) is 70.3 Å². The molecule has 0 spiro atoms. The van der Waals surface area contributed by atoms with Crippen LogP contribution in [0.3, 0.4) is 0 Å². The highest BCUT2D eigenvalue weighted by Crippen LogP contribution is 2.41. The van der Waals surface area contributed by atoms with Crippen molar-refractivity contribution in [3.8, 4) is 6.07 Å². The molecule has 1 saturated heterocycles. The zero-order valence-electron chi connectivity index (χ0n) is 15.8. The molecular formula is C19H28N6OS. The number of carbonyl (C=O) groups is 1. The fourth-order valence-electron chi connectivity index (χ4n) is 4.18. The van der Waals surface area contributed by atoms with E-state index in [4.69, 9.17) is 0 Å². The zero-order chi connectivity index (χ0) is 18.7. The number of thioether (sulfide) groups is 1. The Morgan fingerprint density at radius 2 is 1.85 bits per heavy atom. The van der Waals surface area contributed by atoms with Gasteiger partial charge in [0.1, 0.15) is 5.54 Å². The smallest absolute Gasteiger partial charge is 0.231 e. The second-order valence-electron chi connectivity index (χ2n) is 8.02. The molecular weight excluding hydrogens is 360 g/mol. The van der Waals surface area contributed by atoms with Gasteiger partial charge in [-0.2, -0.15) is 5.26 Å². The standard InChI is InChI=1S/C19H28N6OS/c20-14-19(9-3-1-4-10-19)21-16(26)13-27-18-23-22-17(25(18)15-7-8-15)24-11-5-2-6-12-24/h15H,1-13H2,(H,21,26). The normalized spacial score (nSPS) is 22.3. The summed E-state index contributed by atoms with van der Waals surface area (Å²) in [7, 11) is 0. The average molecular weight is 389 g/mol. The molecule has 0 radical (unpaired) electrons. The minimum absolute atomic E-state index is 0.0756. The maximum Gasteiger partial charge on any atom is 0.231 e. The number of nitrogens with zero attached hydrogens (tertiary/aromatic N) is 5. The van der Waals surface area contributed by atoms with Gasteiger partial charge in [0.25, 0.3) is 0 Å². The lowest BCUT2D eigenvalue weighted by molar-refractivity contribution is -0.120. The quantitative estimate of drug-likeness (QED) is 0.754. The molecule has 1 amide bonds. The van der Waals surface area contributed by atoms with Gasteiger partial charge < -0.3 is 10.2 Å². The highest BCUT2D eigenvalue weighted by atomic mass is 32.2. The van der Waals surface area contributed by atoms with E-state index in [0.717, 1.165) is 69.1 Å². The van der Waals surface area contributed by atoms with Gasteiger partial charge in [0.05, 0.1) is 11.8 Å². The summed E-state index contributed by atoms with van der Waals surface area (Å²) in [6.07, 6.45) is 10.7. The van der Waals surface area contributed by atoms with Gasteiger partial charge in [-0.15, -0.1) is 10.2 Å². The third kappa shape index (κ3) is 4.23. The Morgan fingerprint density at radius 1 is 1.15 bits per heavy atom. The van der Waals surface area contributed by atoms with Crippen molar-refractivity contribution in [3.05, 3.63) is 0 Å². The van der Waals surface area contributed by atoms with E-state index < -0.39 is 5.54 Å². The van der Waals surface area contributed by atoms with Gasteiger partial charge in [0.15, 0.2) is 5.16 Å². The Morgan fingerprint density at radius 3 is 2.52 bits per heavy atom. The Hall–Kier alpha value is -1.75. The first-order valence-electron chi connectivity index (χ1n) is 10.3. The van der Waals surface area contributed by atoms with Gasteiger partial charge in [-0.3, -0.25) is 9.36 Å². The van der Waals surface area contributed by atoms with Crippen molar-refractivity contribution >= 4 is 23.6 Å². The van der Waals surface area contributed by atoms with E-state index in [1.54, 1.807) is 0 Å². The summed E-state index contributed by atoms with van der Waals surface area (Å²) in [5.41, 5.74) is -0.668. The second kappa shape index (κ2) is 8.09. The lowest BCUT2D eigenvalue weighted by Gasteiger charge is -2.31. The summed E-state index contributed by atoms with van der Waals surface area (Å²) in [5, 5.41) is 22.2. The number of hydrogen-bond donors (Lipinski definition) is 1. The number of carbonyl (C=O) groups excluding carboxylic acids is 1. The molecule has 8 heteroatoms. The first-order valence-corrected chi connectivity index (χ1v) is 11.2. The van der Waals surface area contributed by atoms with E-state index in [2.05, 4.69) is 31.1 Å². The first kappa shape index (κ1) is 18.6. The average Bonchev–Trinajstić information content (AvgIpc) is 3.46. The van der Waals surface area contributed by atoms with E-state index in [0.29, 0.717) is 6.04 Å². The Bertz CT molecular complexity index is 710. The zero-order valence-corrected chi connectivity index (χ0v) is 16.6. The second-order valence-corrected chi connectivity index (χ2v) is 8.97. The molecule has 7 nitrogen and oxygen atoms in total. The molecule has 1 aliphatic heterocycles. The number of amides is 1. The lowest BCUT2D eigenvalue weighted by Crippen LogP contribution is -2.49. The molecule has 4 rings (SSSR count). The highest BCUT2D eigenvalue weighted by molar-refractivity contribution is 7.99. The molecule has 27 heavy (non-hydrogen) atoms. The monoisotopic (exact) mass is 388 g/mol. The predicted molar refractivity (Wildman–Crippen MR) is 105 cm³/mol. The SMILES string of the molecule is N#CC1(NC(=O)CSc2nnc(N3CCCCC3)n2C2CC2)CCCCC1. The van der Waals surface area contributed by atoms with Crippen LogP contribution in [0.25, 0.3) is 0 Å². The molecule has 1 aromatic heterocycles. The van der Waals surface area contributed by atoms with Crippen molar-refractivity contribution in [1.29, 1.82) is 5.26 Å². The Kier molecular flexibility index (Phi) is 5.58. The number of aromatic nitrogens is 3. The summed E-state index contributed by atoms with van der Waals surface area (Å²) < 4.78 is 2.24. The van der Waals surface area contributed by atoms with Crippen LogP contribution < -0.4 is 10.2 Å². The molecule has 1 aromatic rings. The molecule has 3 fully saturated rings. The lowest BCUT2D eigenvalue weighted by atomic mass is 9.83. The van der Waals surface area contributed by atoms with Crippen LogP contribution in [0.5, 0.6) is 0 Å². The third-order valence-electron chi connectivity index (χ3n) is 5.83. The van der Waals surface area contributed by atoms with Crippen molar-refractivity contribution in [2.45, 2.75) is 80.9 Å². The predicted octanol–water partition coefficient (Wildman–Crippen LogP) is 3.04. The summed E-state index contributed by atoms with van der Waals surface area (Å²) in [4.78, 5) is 14.8. The van der Waals surface area contributed by atoms with Crippen LogP contribution in [0.2, 0.25) is 0 Å². The molecule has 3 aliphatic rings. The molecule has 2 aliphatic carbocycles. The molecule has 0 atom stereocenters. The molecule has 1 N–H and O–H groups in total. The highest BCUT2D eigenvalue weighted by Gasteiger charge is 2.35. The van der Waals surface area contributed by atoms with Crippen LogP contribution in [-0.2, 0) is 4.79 Å². The van der Waals surface area contributed by atoms with Crippen molar-refractivity contribution in [2.24, 2.45) is 0 Å². The third-order valence-corrected chi connectivity index (χ3v) is 6.77. The number of nitrogens with one attached hydrogen (secondary N) is 1. The summed E-state index contributed by atoms with van der Waals surface area (Å²) in [6, 6.07) is 2.83. The van der Waals surface area contributed by atoms with Gasteiger partial charge in [-0.25, -0.2) is 0 Å².